The van der Waals surface area contributed by atoms with Gasteiger partial charge in [-0.3, -0.25) is 4.79 Å². The third-order valence-corrected chi connectivity index (χ3v) is 5.08. The molecule has 0 unspecified atom stereocenters. The van der Waals surface area contributed by atoms with Crippen molar-refractivity contribution in [2.45, 2.75) is 6.54 Å². The van der Waals surface area contributed by atoms with E-state index in [0.29, 0.717) is 23.0 Å². The molecule has 5 rings (SSSR count). The van der Waals surface area contributed by atoms with E-state index >= 15 is 0 Å². The fourth-order valence-electron chi connectivity index (χ4n) is 3.49. The van der Waals surface area contributed by atoms with E-state index in [-0.39, 0.29) is 11.2 Å². The summed E-state index contributed by atoms with van der Waals surface area (Å²) in [5.74, 6) is -0.498. The Hall–Kier alpha value is -3.51. The van der Waals surface area contributed by atoms with Gasteiger partial charge in [0.2, 0.25) is 0 Å². The fraction of sp³-hybridized carbons (Fsp3) is 0.0455. The van der Waals surface area contributed by atoms with Gasteiger partial charge in [-0.1, -0.05) is 48.0 Å². The van der Waals surface area contributed by atoms with Gasteiger partial charge in [0, 0.05) is 24.3 Å². The van der Waals surface area contributed by atoms with Crippen LogP contribution in [-0.4, -0.2) is 19.3 Å². The Labute approximate surface area is 170 Å². The van der Waals surface area contributed by atoms with E-state index in [0.717, 1.165) is 21.1 Å². The molecule has 0 saturated carbocycles. The van der Waals surface area contributed by atoms with Crippen molar-refractivity contribution < 1.29 is 4.39 Å². The van der Waals surface area contributed by atoms with Gasteiger partial charge in [-0.15, -0.1) is 0 Å². The molecular formula is C22H14ClFN4O. The molecule has 2 aliphatic heterocycles. The van der Waals surface area contributed by atoms with Gasteiger partial charge in [0.15, 0.2) is 0 Å². The molecule has 0 radical (unpaired) electrons. The molecule has 0 amide bonds. The van der Waals surface area contributed by atoms with Crippen LogP contribution in [0.1, 0.15) is 5.56 Å². The van der Waals surface area contributed by atoms with Crippen molar-refractivity contribution in [1.29, 1.82) is 0 Å². The molecule has 0 atom stereocenters. The number of para-hydroxylation sites is 2. The van der Waals surface area contributed by atoms with Crippen LogP contribution in [0.3, 0.4) is 0 Å². The molecule has 1 aromatic heterocycles. The molecule has 0 bridgehead atoms. The van der Waals surface area contributed by atoms with Gasteiger partial charge in [-0.2, -0.15) is 9.78 Å². The van der Waals surface area contributed by atoms with E-state index in [4.69, 9.17) is 11.6 Å². The quantitative estimate of drug-likeness (QED) is 0.415. The maximum Gasteiger partial charge on any atom is 0.282 e. The Balaban J connectivity index is 1.76. The maximum atomic E-state index is 14.3. The summed E-state index contributed by atoms with van der Waals surface area (Å²) in [5, 5.41) is 5.69. The maximum absolute atomic E-state index is 14.3. The molecule has 2 aliphatic rings. The first-order valence-electron chi connectivity index (χ1n) is 8.98. The van der Waals surface area contributed by atoms with Crippen molar-refractivity contribution in [2.75, 3.05) is 0 Å². The van der Waals surface area contributed by atoms with Gasteiger partial charge in [-0.25, -0.2) is 9.37 Å². The van der Waals surface area contributed by atoms with Crippen LogP contribution in [0.5, 0.6) is 0 Å². The van der Waals surface area contributed by atoms with Crippen LogP contribution in [0.25, 0.3) is 27.8 Å². The zero-order chi connectivity index (χ0) is 20.0. The molecule has 5 nitrogen and oxygen atoms in total. The predicted octanol–water partition coefficient (Wildman–Crippen LogP) is 4.53. The molecule has 0 spiro atoms. The number of hydrogen-bond acceptors (Lipinski definition) is 3. The Morgan fingerprint density at radius 1 is 1.00 bits per heavy atom. The summed E-state index contributed by atoms with van der Waals surface area (Å²) in [5.41, 5.74) is 2.59. The van der Waals surface area contributed by atoms with Crippen molar-refractivity contribution in [3.8, 4) is 16.9 Å². The van der Waals surface area contributed by atoms with Crippen molar-refractivity contribution in [2.24, 2.45) is 0 Å². The average Bonchev–Trinajstić information content (AvgIpc) is 3.07. The molecule has 29 heavy (non-hydrogen) atoms. The number of pyridine rings is 2. The third kappa shape index (κ3) is 2.98. The largest absolute Gasteiger partial charge is 0.342 e. The van der Waals surface area contributed by atoms with Crippen molar-refractivity contribution >= 4 is 22.5 Å². The van der Waals surface area contributed by atoms with Crippen LogP contribution in [0, 0.1) is 5.82 Å². The van der Waals surface area contributed by atoms with Gasteiger partial charge < -0.3 is 4.57 Å². The number of hydrogen-bond donors (Lipinski definition) is 0. The standard InChI is InChI=1S/C22H14ClFN4O/c23-20-10-9-14(11-25-20)12-27-13-16-21(15-5-1-3-7-18(15)27)26-28(22(16)29)19-8-4-2-6-17(19)24/h1-11,13H,12H2. The number of aromatic nitrogens is 4. The van der Waals surface area contributed by atoms with Crippen molar-refractivity contribution in [3.63, 3.8) is 0 Å². The van der Waals surface area contributed by atoms with E-state index in [1.807, 2.05) is 34.9 Å². The molecule has 7 heteroatoms. The number of benzene rings is 2. The molecule has 0 aliphatic carbocycles. The number of fused-ring (bicyclic) bond motifs is 3. The molecular weight excluding hydrogens is 391 g/mol. The topological polar surface area (TPSA) is 52.7 Å². The average molecular weight is 405 g/mol. The number of nitrogens with zero attached hydrogens (tertiary/aromatic N) is 4. The van der Waals surface area contributed by atoms with Crippen LogP contribution in [-0.2, 0) is 6.54 Å². The van der Waals surface area contributed by atoms with Gasteiger partial charge in [-0.05, 0) is 29.8 Å². The lowest BCUT2D eigenvalue weighted by atomic mass is 10.1. The second-order valence-electron chi connectivity index (χ2n) is 6.69. The highest BCUT2D eigenvalue weighted by atomic mass is 35.5. The lowest BCUT2D eigenvalue weighted by Gasteiger charge is -2.13. The first-order chi connectivity index (χ1) is 14.1. The fourth-order valence-corrected chi connectivity index (χ4v) is 3.61. The lowest BCUT2D eigenvalue weighted by Crippen LogP contribution is -2.16. The SMILES string of the molecule is O=c1c2cn(Cc3ccc(Cl)nc3)c3ccccc3c-2nn1-c1ccccc1F. The summed E-state index contributed by atoms with van der Waals surface area (Å²) in [4.78, 5) is 17.2. The molecule has 2 aromatic carbocycles. The minimum absolute atomic E-state index is 0.131. The Morgan fingerprint density at radius 3 is 2.59 bits per heavy atom. The highest BCUT2D eigenvalue weighted by Crippen LogP contribution is 2.28. The van der Waals surface area contributed by atoms with Crippen LogP contribution in [0.2, 0.25) is 5.15 Å². The molecule has 3 heterocycles. The summed E-state index contributed by atoms with van der Waals surface area (Å²) in [6, 6.07) is 17.4. The Morgan fingerprint density at radius 2 is 1.79 bits per heavy atom. The smallest absolute Gasteiger partial charge is 0.282 e. The minimum Gasteiger partial charge on any atom is -0.342 e. The van der Waals surface area contributed by atoms with Crippen LogP contribution in [0.4, 0.5) is 4.39 Å². The summed E-state index contributed by atoms with van der Waals surface area (Å²) >= 11 is 5.88. The summed E-state index contributed by atoms with van der Waals surface area (Å²) < 4.78 is 17.4. The van der Waals surface area contributed by atoms with E-state index in [1.54, 1.807) is 30.6 Å². The highest BCUT2D eigenvalue weighted by Gasteiger charge is 2.21. The zero-order valence-corrected chi connectivity index (χ0v) is 15.8. The monoisotopic (exact) mass is 404 g/mol. The second kappa shape index (κ2) is 6.83. The molecule has 3 aromatic rings. The lowest BCUT2D eigenvalue weighted by molar-refractivity contribution is 0.609. The normalized spacial score (nSPS) is 11.4. The third-order valence-electron chi connectivity index (χ3n) is 4.85. The van der Waals surface area contributed by atoms with Crippen molar-refractivity contribution in [3.05, 3.63) is 99.9 Å². The van der Waals surface area contributed by atoms with E-state index in [1.165, 1.54) is 12.1 Å². The Kier molecular flexibility index (Phi) is 4.14. The number of rotatable bonds is 3. The Bertz CT molecular complexity index is 1370. The van der Waals surface area contributed by atoms with Crippen molar-refractivity contribution in [1.82, 2.24) is 19.3 Å². The zero-order valence-electron chi connectivity index (χ0n) is 15.1. The summed E-state index contributed by atoms with van der Waals surface area (Å²) in [6.45, 7) is 0.505. The predicted molar refractivity (Wildman–Crippen MR) is 110 cm³/mol. The summed E-state index contributed by atoms with van der Waals surface area (Å²) in [6.07, 6.45) is 3.47. The highest BCUT2D eigenvalue weighted by molar-refractivity contribution is 6.29. The van der Waals surface area contributed by atoms with E-state index in [9.17, 15) is 9.18 Å². The van der Waals surface area contributed by atoms with Crippen LogP contribution in [0.15, 0.2) is 77.9 Å². The molecule has 0 fully saturated rings. The van der Waals surface area contributed by atoms with Crippen LogP contribution >= 0.6 is 11.6 Å². The van der Waals surface area contributed by atoms with Crippen LogP contribution < -0.4 is 5.56 Å². The van der Waals surface area contributed by atoms with Gasteiger partial charge >= 0.3 is 0 Å². The van der Waals surface area contributed by atoms with E-state index in [2.05, 4.69) is 10.1 Å². The minimum atomic E-state index is -0.498. The number of halogens is 2. The first-order valence-corrected chi connectivity index (χ1v) is 9.36. The molecule has 0 saturated heterocycles. The van der Waals surface area contributed by atoms with E-state index < -0.39 is 5.82 Å². The van der Waals surface area contributed by atoms with Gasteiger partial charge in [0.1, 0.15) is 22.4 Å². The molecule has 142 valence electrons. The molecule has 0 N–H and O–H groups in total. The summed E-state index contributed by atoms with van der Waals surface area (Å²) in [7, 11) is 0. The van der Waals surface area contributed by atoms with Gasteiger partial charge in [0.05, 0.1) is 11.1 Å². The van der Waals surface area contributed by atoms with Gasteiger partial charge in [0.25, 0.3) is 5.56 Å². The second-order valence-corrected chi connectivity index (χ2v) is 7.08. The first kappa shape index (κ1) is 17.6.